The molecule has 0 aromatic heterocycles. The number of likely N-dealkylation sites (N-methyl/N-ethyl adjacent to an activating group) is 1. The first-order chi connectivity index (χ1) is 9.51. The van der Waals surface area contributed by atoms with Crippen LogP contribution < -0.4 is 9.47 Å². The molecule has 108 valence electrons. The Morgan fingerprint density at radius 1 is 1.50 bits per heavy atom. The van der Waals surface area contributed by atoms with Gasteiger partial charge in [-0.15, -0.1) is 0 Å². The van der Waals surface area contributed by atoms with E-state index >= 15 is 0 Å². The van der Waals surface area contributed by atoms with Crippen LogP contribution in [-0.4, -0.2) is 49.2 Å². The predicted octanol–water partition coefficient (Wildman–Crippen LogP) is 0.789. The molecule has 1 atom stereocenters. The maximum atomic E-state index is 12.1. The molecular formula is C14H17NO5. The van der Waals surface area contributed by atoms with Crippen molar-refractivity contribution in [2.45, 2.75) is 6.42 Å². The predicted molar refractivity (Wildman–Crippen MR) is 71.0 cm³/mol. The number of hydrogen-bond acceptors (Lipinski definition) is 4. The Morgan fingerprint density at radius 2 is 2.25 bits per heavy atom. The van der Waals surface area contributed by atoms with E-state index in [1.807, 2.05) is 12.1 Å². The quantitative estimate of drug-likeness (QED) is 0.881. The first kappa shape index (κ1) is 14.2. The highest BCUT2D eigenvalue weighted by molar-refractivity contribution is 5.83. The molecule has 1 aromatic rings. The number of aliphatic carboxylic acids is 1. The molecular weight excluding hydrogens is 262 g/mol. The van der Waals surface area contributed by atoms with Crippen LogP contribution in [0.4, 0.5) is 0 Å². The van der Waals surface area contributed by atoms with Crippen LogP contribution in [0.1, 0.15) is 5.56 Å². The minimum absolute atomic E-state index is 0.221. The number of carbonyl (C=O) groups excluding carboxylic acids is 1. The fourth-order valence-electron chi connectivity index (χ4n) is 2.25. The van der Waals surface area contributed by atoms with Gasteiger partial charge in [-0.25, -0.2) is 0 Å². The van der Waals surface area contributed by atoms with E-state index in [2.05, 4.69) is 0 Å². The number of methoxy groups -OCH3 is 1. The third kappa shape index (κ3) is 3.01. The lowest BCUT2D eigenvalue weighted by Gasteiger charge is -2.27. The van der Waals surface area contributed by atoms with E-state index in [0.29, 0.717) is 12.2 Å². The molecule has 1 aliphatic heterocycles. The average molecular weight is 279 g/mol. The van der Waals surface area contributed by atoms with Crippen LogP contribution in [0.3, 0.4) is 0 Å². The van der Waals surface area contributed by atoms with Crippen LogP contribution in [-0.2, 0) is 16.0 Å². The second kappa shape index (κ2) is 5.81. The summed E-state index contributed by atoms with van der Waals surface area (Å²) in [5.74, 6) is -0.158. The van der Waals surface area contributed by atoms with Gasteiger partial charge in [0, 0.05) is 7.05 Å². The van der Waals surface area contributed by atoms with Gasteiger partial charge in [-0.2, -0.15) is 0 Å². The minimum atomic E-state index is -1.03. The van der Waals surface area contributed by atoms with E-state index in [9.17, 15) is 9.59 Å². The standard InChI is InChI=1S/C14H17NO5/c1-15(7-13(16)17)14(18)10-5-9-6-11(19-2)3-4-12(9)20-8-10/h3-4,6,10H,5,7-8H2,1-2H3,(H,16,17). The van der Waals surface area contributed by atoms with Crippen LogP contribution in [0.15, 0.2) is 18.2 Å². The lowest BCUT2D eigenvalue weighted by molar-refractivity contribution is -0.145. The van der Waals surface area contributed by atoms with Crippen LogP contribution in [0.2, 0.25) is 0 Å². The molecule has 1 amide bonds. The Morgan fingerprint density at radius 3 is 2.90 bits per heavy atom. The number of carbonyl (C=O) groups is 2. The molecule has 1 aromatic carbocycles. The van der Waals surface area contributed by atoms with Crippen molar-refractivity contribution >= 4 is 11.9 Å². The van der Waals surface area contributed by atoms with Crippen molar-refractivity contribution in [3.63, 3.8) is 0 Å². The molecule has 1 heterocycles. The Hall–Kier alpha value is -2.24. The molecule has 20 heavy (non-hydrogen) atoms. The smallest absolute Gasteiger partial charge is 0.323 e. The van der Waals surface area contributed by atoms with Crippen LogP contribution in [0, 0.1) is 5.92 Å². The number of ether oxygens (including phenoxy) is 2. The second-order valence-corrected chi connectivity index (χ2v) is 4.77. The largest absolute Gasteiger partial charge is 0.497 e. The average Bonchev–Trinajstić information content (AvgIpc) is 2.44. The van der Waals surface area contributed by atoms with Crippen molar-refractivity contribution in [3.8, 4) is 11.5 Å². The highest BCUT2D eigenvalue weighted by Gasteiger charge is 2.29. The van der Waals surface area contributed by atoms with E-state index in [4.69, 9.17) is 14.6 Å². The number of benzene rings is 1. The van der Waals surface area contributed by atoms with Crippen molar-refractivity contribution in [2.75, 3.05) is 27.3 Å². The first-order valence-corrected chi connectivity index (χ1v) is 6.27. The Balaban J connectivity index is 2.09. The van der Waals surface area contributed by atoms with Gasteiger partial charge in [-0.05, 0) is 30.2 Å². The number of rotatable bonds is 4. The first-order valence-electron chi connectivity index (χ1n) is 6.27. The molecule has 0 saturated heterocycles. The maximum absolute atomic E-state index is 12.1. The van der Waals surface area contributed by atoms with Gasteiger partial charge in [0.1, 0.15) is 24.7 Å². The monoisotopic (exact) mass is 279 g/mol. The normalized spacial score (nSPS) is 16.8. The lowest BCUT2D eigenvalue weighted by Crippen LogP contribution is -2.40. The minimum Gasteiger partial charge on any atom is -0.497 e. The third-order valence-corrected chi connectivity index (χ3v) is 3.27. The van der Waals surface area contributed by atoms with Gasteiger partial charge in [0.25, 0.3) is 0 Å². The maximum Gasteiger partial charge on any atom is 0.323 e. The summed E-state index contributed by atoms with van der Waals surface area (Å²) in [6.45, 7) is -0.0393. The van der Waals surface area contributed by atoms with Crippen molar-refractivity contribution in [3.05, 3.63) is 23.8 Å². The van der Waals surface area contributed by atoms with Crippen LogP contribution in [0.5, 0.6) is 11.5 Å². The van der Waals surface area contributed by atoms with Crippen molar-refractivity contribution in [2.24, 2.45) is 5.92 Å². The van der Waals surface area contributed by atoms with Gasteiger partial charge in [-0.1, -0.05) is 0 Å². The Labute approximate surface area is 116 Å². The summed E-state index contributed by atoms with van der Waals surface area (Å²) in [5.41, 5.74) is 0.901. The van der Waals surface area contributed by atoms with Gasteiger partial charge in [0.05, 0.1) is 13.0 Å². The van der Waals surface area contributed by atoms with E-state index in [0.717, 1.165) is 11.3 Å². The summed E-state index contributed by atoms with van der Waals surface area (Å²) >= 11 is 0. The second-order valence-electron chi connectivity index (χ2n) is 4.77. The van der Waals surface area contributed by atoms with Crippen LogP contribution in [0.25, 0.3) is 0 Å². The SMILES string of the molecule is COc1ccc2c(c1)CC(C(=O)N(C)CC(=O)O)CO2. The molecule has 2 rings (SSSR count). The number of carboxylic acids is 1. The van der Waals surface area contributed by atoms with E-state index in [-0.39, 0.29) is 25.0 Å². The molecule has 1 N–H and O–H groups in total. The zero-order valence-electron chi connectivity index (χ0n) is 11.5. The third-order valence-electron chi connectivity index (χ3n) is 3.27. The molecule has 1 unspecified atom stereocenters. The summed E-state index contributed by atoms with van der Waals surface area (Å²) in [4.78, 5) is 24.0. The van der Waals surface area contributed by atoms with Gasteiger partial charge in [0.15, 0.2) is 0 Å². The van der Waals surface area contributed by atoms with Crippen molar-refractivity contribution < 1.29 is 24.2 Å². The summed E-state index contributed by atoms with van der Waals surface area (Å²) in [5, 5.41) is 8.72. The fraction of sp³-hybridized carbons (Fsp3) is 0.429. The lowest BCUT2D eigenvalue weighted by atomic mass is 9.95. The summed E-state index contributed by atoms with van der Waals surface area (Å²) in [6, 6.07) is 5.46. The number of amides is 1. The molecule has 0 bridgehead atoms. The summed E-state index contributed by atoms with van der Waals surface area (Å²) in [6.07, 6.45) is 0.523. The van der Waals surface area contributed by atoms with Gasteiger partial charge in [-0.3, -0.25) is 9.59 Å². The number of carboxylic acid groups (broad SMARTS) is 1. The molecule has 0 radical (unpaired) electrons. The molecule has 0 saturated carbocycles. The van der Waals surface area contributed by atoms with Crippen LogP contribution >= 0.6 is 0 Å². The molecule has 6 heteroatoms. The van der Waals surface area contributed by atoms with Crippen molar-refractivity contribution in [1.82, 2.24) is 4.90 Å². The highest BCUT2D eigenvalue weighted by atomic mass is 16.5. The van der Waals surface area contributed by atoms with E-state index in [1.54, 1.807) is 13.2 Å². The fourth-order valence-corrected chi connectivity index (χ4v) is 2.25. The zero-order chi connectivity index (χ0) is 14.7. The molecule has 0 aliphatic carbocycles. The van der Waals surface area contributed by atoms with Gasteiger partial charge in [0.2, 0.25) is 5.91 Å². The van der Waals surface area contributed by atoms with E-state index < -0.39 is 5.97 Å². The van der Waals surface area contributed by atoms with Crippen molar-refractivity contribution in [1.29, 1.82) is 0 Å². The highest BCUT2D eigenvalue weighted by Crippen LogP contribution is 2.31. The van der Waals surface area contributed by atoms with Gasteiger partial charge < -0.3 is 19.5 Å². The Kier molecular flexibility index (Phi) is 4.12. The zero-order valence-corrected chi connectivity index (χ0v) is 11.5. The number of fused-ring (bicyclic) bond motifs is 1. The Bertz CT molecular complexity index is 528. The molecule has 6 nitrogen and oxygen atoms in total. The van der Waals surface area contributed by atoms with Gasteiger partial charge >= 0.3 is 5.97 Å². The summed E-state index contributed by atoms with van der Waals surface area (Å²) < 4.78 is 10.7. The van der Waals surface area contributed by atoms with E-state index in [1.165, 1.54) is 11.9 Å². The molecule has 0 spiro atoms. The molecule has 0 fully saturated rings. The number of hydrogen-bond donors (Lipinski definition) is 1. The molecule has 1 aliphatic rings. The topological polar surface area (TPSA) is 76.1 Å². The summed E-state index contributed by atoms with van der Waals surface area (Å²) in [7, 11) is 3.06. The number of nitrogens with zero attached hydrogens (tertiary/aromatic N) is 1.